The van der Waals surface area contributed by atoms with E-state index < -0.39 is 5.97 Å². The lowest BCUT2D eigenvalue weighted by molar-refractivity contribution is 0.0702. The molecule has 0 bridgehead atoms. The summed E-state index contributed by atoms with van der Waals surface area (Å²) in [6, 6.07) is 5.54. The van der Waals surface area contributed by atoms with E-state index in [-0.39, 0.29) is 0 Å². The molecule has 0 unspecified atom stereocenters. The van der Waals surface area contributed by atoms with Crippen LogP contribution in [0, 0.1) is 3.57 Å². The fraction of sp³-hybridized carbons (Fsp3) is 0. The molecular weight excluding hydrogens is 331 g/mol. The van der Waals surface area contributed by atoms with E-state index in [1.807, 2.05) is 12.1 Å². The molecule has 0 aliphatic carbocycles. The summed E-state index contributed by atoms with van der Waals surface area (Å²) in [5, 5.41) is 9.75. The zero-order chi connectivity index (χ0) is 10.3. The SMILES string of the molecule is O=C(O)c1cc2c(S)c(I)ccc2s1. The minimum Gasteiger partial charge on any atom is -0.477 e. The lowest BCUT2D eigenvalue weighted by Gasteiger charge is -1.96. The maximum Gasteiger partial charge on any atom is 0.345 e. The number of fused-ring (bicyclic) bond motifs is 1. The summed E-state index contributed by atoms with van der Waals surface area (Å²) in [6.07, 6.45) is 0. The summed E-state index contributed by atoms with van der Waals surface area (Å²) in [4.78, 5) is 12.0. The van der Waals surface area contributed by atoms with Crippen LogP contribution in [0.5, 0.6) is 0 Å². The lowest BCUT2D eigenvalue weighted by atomic mass is 10.2. The molecule has 14 heavy (non-hydrogen) atoms. The molecule has 0 amide bonds. The van der Waals surface area contributed by atoms with Crippen LogP contribution in [0.3, 0.4) is 0 Å². The Bertz CT molecular complexity index is 519. The van der Waals surface area contributed by atoms with Gasteiger partial charge in [0.25, 0.3) is 0 Å². The molecule has 2 rings (SSSR count). The number of benzene rings is 1. The molecule has 0 radical (unpaired) electrons. The molecule has 1 heterocycles. The van der Waals surface area contributed by atoms with Gasteiger partial charge >= 0.3 is 5.97 Å². The van der Waals surface area contributed by atoms with Crippen LogP contribution in [0.2, 0.25) is 0 Å². The number of carboxylic acids is 1. The Kier molecular flexibility index (Phi) is 2.72. The molecule has 72 valence electrons. The largest absolute Gasteiger partial charge is 0.477 e. The summed E-state index contributed by atoms with van der Waals surface area (Å²) >= 11 is 7.81. The van der Waals surface area contributed by atoms with Crippen molar-refractivity contribution in [2.45, 2.75) is 4.90 Å². The number of thiophene rings is 1. The topological polar surface area (TPSA) is 37.3 Å². The minimum atomic E-state index is -0.881. The Morgan fingerprint density at radius 1 is 1.50 bits per heavy atom. The molecule has 1 aromatic carbocycles. The van der Waals surface area contributed by atoms with Gasteiger partial charge in [0.05, 0.1) is 0 Å². The zero-order valence-electron chi connectivity index (χ0n) is 6.82. The van der Waals surface area contributed by atoms with Crippen molar-refractivity contribution in [3.8, 4) is 0 Å². The van der Waals surface area contributed by atoms with Crippen molar-refractivity contribution in [2.24, 2.45) is 0 Å². The molecule has 0 aliphatic rings. The fourth-order valence-electron chi connectivity index (χ4n) is 1.18. The number of hydrogen-bond acceptors (Lipinski definition) is 3. The van der Waals surface area contributed by atoms with Crippen LogP contribution in [0.1, 0.15) is 9.67 Å². The highest BCUT2D eigenvalue weighted by Crippen LogP contribution is 2.33. The van der Waals surface area contributed by atoms with E-state index in [9.17, 15) is 4.79 Å². The molecule has 0 aliphatic heterocycles. The standard InChI is InChI=1S/C9H5IO2S2/c10-5-1-2-6-4(8(5)13)3-7(14-6)9(11)12/h1-3,13H,(H,11,12). The Morgan fingerprint density at radius 2 is 2.21 bits per heavy atom. The first kappa shape index (κ1) is 10.3. The summed E-state index contributed by atoms with van der Waals surface area (Å²) < 4.78 is 2.00. The average molecular weight is 336 g/mol. The molecule has 1 N–H and O–H groups in total. The molecule has 1 aromatic heterocycles. The predicted molar refractivity (Wildman–Crippen MR) is 68.8 cm³/mol. The first-order valence-electron chi connectivity index (χ1n) is 3.74. The van der Waals surface area contributed by atoms with Gasteiger partial charge in [-0.05, 0) is 40.8 Å². The third-order valence-corrected chi connectivity index (χ3v) is 4.73. The van der Waals surface area contributed by atoms with Gasteiger partial charge < -0.3 is 5.11 Å². The second-order valence-corrected chi connectivity index (χ2v) is 5.42. The van der Waals surface area contributed by atoms with E-state index in [1.54, 1.807) is 6.07 Å². The van der Waals surface area contributed by atoms with E-state index >= 15 is 0 Å². The van der Waals surface area contributed by atoms with Gasteiger partial charge in [0, 0.05) is 18.6 Å². The van der Waals surface area contributed by atoms with Crippen molar-refractivity contribution in [1.29, 1.82) is 0 Å². The Hall–Kier alpha value is -0.270. The summed E-state index contributed by atoms with van der Waals surface area (Å²) in [5.74, 6) is -0.881. The van der Waals surface area contributed by atoms with Crippen LogP contribution in [0.25, 0.3) is 10.1 Å². The Labute approximate surface area is 103 Å². The van der Waals surface area contributed by atoms with Crippen LogP contribution in [0.4, 0.5) is 0 Å². The molecule has 0 fully saturated rings. The molecule has 2 nitrogen and oxygen atoms in total. The first-order chi connectivity index (χ1) is 6.59. The first-order valence-corrected chi connectivity index (χ1v) is 6.08. The number of hydrogen-bond donors (Lipinski definition) is 2. The summed E-state index contributed by atoms with van der Waals surface area (Å²) in [6.45, 7) is 0. The minimum absolute atomic E-state index is 0.359. The molecule has 0 saturated heterocycles. The number of carboxylic acid groups (broad SMARTS) is 1. The van der Waals surface area contributed by atoms with Crippen molar-refractivity contribution in [1.82, 2.24) is 0 Å². The van der Waals surface area contributed by atoms with E-state index in [0.717, 1.165) is 18.6 Å². The summed E-state index contributed by atoms with van der Waals surface area (Å²) in [7, 11) is 0. The van der Waals surface area contributed by atoms with Gasteiger partial charge in [-0.15, -0.1) is 24.0 Å². The highest BCUT2D eigenvalue weighted by molar-refractivity contribution is 14.1. The number of halogens is 1. The van der Waals surface area contributed by atoms with Crippen LogP contribution >= 0.6 is 46.6 Å². The van der Waals surface area contributed by atoms with E-state index in [4.69, 9.17) is 5.11 Å². The second kappa shape index (κ2) is 3.71. The van der Waals surface area contributed by atoms with E-state index in [0.29, 0.717) is 4.88 Å². The van der Waals surface area contributed by atoms with E-state index in [2.05, 4.69) is 35.2 Å². The van der Waals surface area contributed by atoms with Crippen molar-refractivity contribution in [3.63, 3.8) is 0 Å². The number of rotatable bonds is 1. The number of aromatic carboxylic acids is 1. The highest BCUT2D eigenvalue weighted by Gasteiger charge is 2.11. The molecule has 0 spiro atoms. The smallest absolute Gasteiger partial charge is 0.345 e. The van der Waals surface area contributed by atoms with Crippen LogP contribution < -0.4 is 0 Å². The highest BCUT2D eigenvalue weighted by atomic mass is 127. The quantitative estimate of drug-likeness (QED) is 0.618. The monoisotopic (exact) mass is 336 g/mol. The van der Waals surface area contributed by atoms with E-state index in [1.165, 1.54) is 11.3 Å². The lowest BCUT2D eigenvalue weighted by Crippen LogP contribution is -1.89. The molecule has 0 atom stereocenters. The van der Waals surface area contributed by atoms with Crippen molar-refractivity contribution in [2.75, 3.05) is 0 Å². The maximum absolute atomic E-state index is 10.8. The van der Waals surface area contributed by atoms with Gasteiger partial charge in [-0.1, -0.05) is 0 Å². The van der Waals surface area contributed by atoms with Crippen molar-refractivity contribution in [3.05, 3.63) is 26.6 Å². The number of carbonyl (C=O) groups is 1. The maximum atomic E-state index is 10.8. The Balaban J connectivity index is 2.77. The summed E-state index contributed by atoms with van der Waals surface area (Å²) in [5.41, 5.74) is 0. The third kappa shape index (κ3) is 1.64. The van der Waals surface area contributed by atoms with Gasteiger partial charge in [0.15, 0.2) is 0 Å². The van der Waals surface area contributed by atoms with Crippen molar-refractivity contribution < 1.29 is 9.90 Å². The average Bonchev–Trinajstić information content (AvgIpc) is 2.56. The molecular formula is C9H5IO2S2. The Morgan fingerprint density at radius 3 is 2.86 bits per heavy atom. The number of thiol groups is 1. The molecule has 2 aromatic rings. The zero-order valence-corrected chi connectivity index (χ0v) is 10.7. The normalized spacial score (nSPS) is 10.7. The van der Waals surface area contributed by atoms with Gasteiger partial charge in [-0.25, -0.2) is 4.79 Å². The molecule has 0 saturated carbocycles. The third-order valence-electron chi connectivity index (χ3n) is 1.83. The van der Waals surface area contributed by atoms with Gasteiger partial charge in [-0.3, -0.25) is 0 Å². The van der Waals surface area contributed by atoms with Crippen LogP contribution in [0.15, 0.2) is 23.1 Å². The van der Waals surface area contributed by atoms with Gasteiger partial charge in [-0.2, -0.15) is 0 Å². The predicted octanol–water partition coefficient (Wildman–Crippen LogP) is 3.49. The van der Waals surface area contributed by atoms with Crippen LogP contribution in [-0.4, -0.2) is 11.1 Å². The van der Waals surface area contributed by atoms with Gasteiger partial charge in [0.1, 0.15) is 4.88 Å². The fourth-order valence-corrected chi connectivity index (χ4v) is 2.89. The second-order valence-electron chi connectivity index (χ2n) is 2.72. The van der Waals surface area contributed by atoms with Gasteiger partial charge in [0.2, 0.25) is 0 Å². The molecule has 5 heteroatoms. The van der Waals surface area contributed by atoms with Crippen LogP contribution in [-0.2, 0) is 0 Å². The van der Waals surface area contributed by atoms with Crippen molar-refractivity contribution >= 4 is 62.6 Å².